The van der Waals surface area contributed by atoms with Gasteiger partial charge in [0.25, 0.3) is 5.91 Å². The molecule has 0 aliphatic rings. The standard InChI is InChI=1S/C17H16ClF3N2O/c1-11(12-5-3-2-4-6-12)22-10-16(24)23-15-9-13(17(19,20)21)7-8-14(15)18/h2-9,11,22H,10H2,1H3,(H,23,24)/p+1/t11-/m1/s1. The second-order valence-corrected chi connectivity index (χ2v) is 5.79. The molecule has 3 N–H and O–H groups in total. The molecule has 0 bridgehead atoms. The molecule has 0 unspecified atom stereocenters. The van der Waals surface area contributed by atoms with Gasteiger partial charge in [0.2, 0.25) is 0 Å². The Hall–Kier alpha value is -2.05. The normalized spacial score (nSPS) is 12.7. The van der Waals surface area contributed by atoms with Crippen molar-refractivity contribution in [2.45, 2.75) is 19.1 Å². The Morgan fingerprint density at radius 3 is 2.50 bits per heavy atom. The predicted octanol–water partition coefficient (Wildman–Crippen LogP) is 3.62. The third-order valence-corrected chi connectivity index (χ3v) is 3.88. The molecule has 0 spiro atoms. The molecule has 3 nitrogen and oxygen atoms in total. The molecule has 2 rings (SSSR count). The minimum absolute atomic E-state index is 0.0442. The van der Waals surface area contributed by atoms with Gasteiger partial charge in [0.05, 0.1) is 16.3 Å². The summed E-state index contributed by atoms with van der Waals surface area (Å²) < 4.78 is 38.1. The molecule has 0 aliphatic heterocycles. The van der Waals surface area contributed by atoms with Crippen LogP contribution < -0.4 is 10.6 Å². The van der Waals surface area contributed by atoms with Gasteiger partial charge < -0.3 is 10.6 Å². The van der Waals surface area contributed by atoms with Crippen molar-refractivity contribution in [3.63, 3.8) is 0 Å². The Morgan fingerprint density at radius 1 is 1.21 bits per heavy atom. The lowest BCUT2D eigenvalue weighted by molar-refractivity contribution is -0.682. The Balaban J connectivity index is 1.97. The molecule has 0 fully saturated rings. The molecule has 0 heterocycles. The van der Waals surface area contributed by atoms with Gasteiger partial charge in [-0.05, 0) is 25.1 Å². The van der Waals surface area contributed by atoms with Crippen molar-refractivity contribution in [2.75, 3.05) is 11.9 Å². The zero-order chi connectivity index (χ0) is 17.7. The zero-order valence-corrected chi connectivity index (χ0v) is 13.7. The molecule has 1 amide bonds. The Kier molecular flexibility index (Phi) is 5.85. The number of nitrogens with two attached hydrogens (primary N) is 1. The number of amides is 1. The number of rotatable bonds is 5. The van der Waals surface area contributed by atoms with Crippen molar-refractivity contribution < 1.29 is 23.3 Å². The molecule has 2 aromatic carbocycles. The summed E-state index contributed by atoms with van der Waals surface area (Å²) in [5.74, 6) is -0.418. The average Bonchev–Trinajstić information content (AvgIpc) is 2.54. The van der Waals surface area contributed by atoms with Crippen LogP contribution >= 0.6 is 11.6 Å². The van der Waals surface area contributed by atoms with Crippen molar-refractivity contribution >= 4 is 23.2 Å². The minimum atomic E-state index is -4.49. The van der Waals surface area contributed by atoms with Gasteiger partial charge in [-0.3, -0.25) is 4.79 Å². The molecule has 0 aromatic heterocycles. The zero-order valence-electron chi connectivity index (χ0n) is 12.9. The summed E-state index contributed by atoms with van der Waals surface area (Å²) in [6.07, 6.45) is -4.49. The monoisotopic (exact) mass is 357 g/mol. The molecule has 0 saturated carbocycles. The number of benzene rings is 2. The predicted molar refractivity (Wildman–Crippen MR) is 86.7 cm³/mol. The van der Waals surface area contributed by atoms with Crippen LogP contribution in [0, 0.1) is 0 Å². The van der Waals surface area contributed by atoms with E-state index >= 15 is 0 Å². The number of alkyl halides is 3. The molecule has 24 heavy (non-hydrogen) atoms. The van der Waals surface area contributed by atoms with Crippen molar-refractivity contribution in [2.24, 2.45) is 0 Å². The molecule has 0 aliphatic carbocycles. The minimum Gasteiger partial charge on any atom is -0.333 e. The fourth-order valence-corrected chi connectivity index (χ4v) is 2.34. The smallest absolute Gasteiger partial charge is 0.333 e. The molecule has 1 atom stereocenters. The summed E-state index contributed by atoms with van der Waals surface area (Å²) in [5.41, 5.74) is 0.156. The first-order valence-electron chi connectivity index (χ1n) is 7.32. The molecule has 7 heteroatoms. The third-order valence-electron chi connectivity index (χ3n) is 3.55. The van der Waals surface area contributed by atoms with Gasteiger partial charge in [0.15, 0.2) is 6.54 Å². The lowest BCUT2D eigenvalue weighted by Gasteiger charge is -2.13. The van der Waals surface area contributed by atoms with E-state index in [0.29, 0.717) is 0 Å². The van der Waals surface area contributed by atoms with Gasteiger partial charge in [-0.15, -0.1) is 0 Å². The van der Waals surface area contributed by atoms with Crippen LogP contribution in [-0.4, -0.2) is 12.5 Å². The number of carbonyl (C=O) groups is 1. The van der Waals surface area contributed by atoms with Crippen molar-refractivity contribution in [3.05, 3.63) is 64.7 Å². The van der Waals surface area contributed by atoms with Crippen LogP contribution in [-0.2, 0) is 11.0 Å². The first-order chi connectivity index (χ1) is 11.3. The van der Waals surface area contributed by atoms with Crippen LogP contribution in [0.4, 0.5) is 18.9 Å². The van der Waals surface area contributed by atoms with E-state index in [9.17, 15) is 18.0 Å². The van der Waals surface area contributed by atoms with Crippen LogP contribution in [0.25, 0.3) is 0 Å². The summed E-state index contributed by atoms with van der Waals surface area (Å²) in [7, 11) is 0. The second-order valence-electron chi connectivity index (χ2n) is 5.38. The maximum Gasteiger partial charge on any atom is 0.416 e. The summed E-state index contributed by atoms with van der Waals surface area (Å²) in [5, 5.41) is 4.29. The number of anilines is 1. The Labute approximate surface area is 142 Å². The highest BCUT2D eigenvalue weighted by molar-refractivity contribution is 6.33. The van der Waals surface area contributed by atoms with Crippen LogP contribution in [0.5, 0.6) is 0 Å². The van der Waals surface area contributed by atoms with E-state index in [2.05, 4.69) is 5.32 Å². The van der Waals surface area contributed by atoms with Crippen molar-refractivity contribution in [1.82, 2.24) is 0 Å². The van der Waals surface area contributed by atoms with Gasteiger partial charge in [-0.1, -0.05) is 41.9 Å². The van der Waals surface area contributed by atoms with Crippen LogP contribution in [0.1, 0.15) is 24.1 Å². The topological polar surface area (TPSA) is 45.7 Å². The van der Waals surface area contributed by atoms with E-state index < -0.39 is 17.6 Å². The number of hydrogen-bond donors (Lipinski definition) is 2. The molecule has 0 saturated heterocycles. The molecule has 0 radical (unpaired) electrons. The Bertz CT molecular complexity index is 705. The molecule has 2 aromatic rings. The fraction of sp³-hybridized carbons (Fsp3) is 0.235. The number of hydrogen-bond acceptors (Lipinski definition) is 1. The van der Waals surface area contributed by atoms with Gasteiger partial charge in [-0.25, -0.2) is 0 Å². The van der Waals surface area contributed by atoms with E-state index in [4.69, 9.17) is 11.6 Å². The van der Waals surface area contributed by atoms with Crippen LogP contribution in [0.15, 0.2) is 48.5 Å². The summed E-state index contributed by atoms with van der Waals surface area (Å²) >= 11 is 5.86. The summed E-state index contributed by atoms with van der Waals surface area (Å²) in [4.78, 5) is 12.0. The number of quaternary nitrogens is 1. The van der Waals surface area contributed by atoms with Crippen molar-refractivity contribution in [1.29, 1.82) is 0 Å². The first kappa shape index (κ1) is 18.3. The van der Waals surface area contributed by atoms with E-state index in [0.717, 1.165) is 23.8 Å². The maximum absolute atomic E-state index is 12.7. The molecular weight excluding hydrogens is 341 g/mol. The summed E-state index contributed by atoms with van der Waals surface area (Å²) in [6, 6.07) is 12.5. The van der Waals surface area contributed by atoms with Crippen LogP contribution in [0.3, 0.4) is 0 Å². The van der Waals surface area contributed by atoms with Gasteiger partial charge >= 0.3 is 6.18 Å². The lowest BCUT2D eigenvalue weighted by atomic mass is 10.1. The first-order valence-corrected chi connectivity index (χ1v) is 7.70. The quantitative estimate of drug-likeness (QED) is 0.843. The number of carbonyl (C=O) groups excluding carboxylic acids is 1. The molecular formula is C17H17ClF3N2O+. The SMILES string of the molecule is C[C@@H]([NH2+]CC(=O)Nc1cc(C(F)(F)F)ccc1Cl)c1ccccc1. The average molecular weight is 358 g/mol. The van der Waals surface area contributed by atoms with Gasteiger partial charge in [-0.2, -0.15) is 13.2 Å². The lowest BCUT2D eigenvalue weighted by Crippen LogP contribution is -2.86. The van der Waals surface area contributed by atoms with Gasteiger partial charge in [0, 0.05) is 5.56 Å². The van der Waals surface area contributed by atoms with E-state index in [-0.39, 0.29) is 23.3 Å². The largest absolute Gasteiger partial charge is 0.416 e. The number of nitrogens with one attached hydrogen (secondary N) is 1. The molecule has 128 valence electrons. The highest BCUT2D eigenvalue weighted by Gasteiger charge is 2.31. The van der Waals surface area contributed by atoms with E-state index in [1.165, 1.54) is 0 Å². The highest BCUT2D eigenvalue weighted by atomic mass is 35.5. The van der Waals surface area contributed by atoms with E-state index in [1.807, 2.05) is 37.3 Å². The fourth-order valence-electron chi connectivity index (χ4n) is 2.18. The second kappa shape index (κ2) is 7.68. The third kappa shape index (κ3) is 4.97. The number of halogens is 4. The maximum atomic E-state index is 12.7. The summed E-state index contributed by atoms with van der Waals surface area (Å²) in [6.45, 7) is 2.02. The Morgan fingerprint density at radius 2 is 1.88 bits per heavy atom. The van der Waals surface area contributed by atoms with Crippen molar-refractivity contribution in [3.8, 4) is 0 Å². The van der Waals surface area contributed by atoms with E-state index in [1.54, 1.807) is 5.32 Å². The van der Waals surface area contributed by atoms with Gasteiger partial charge in [0.1, 0.15) is 6.04 Å². The highest BCUT2D eigenvalue weighted by Crippen LogP contribution is 2.33. The van der Waals surface area contributed by atoms with Crippen LogP contribution in [0.2, 0.25) is 5.02 Å².